The van der Waals surface area contributed by atoms with E-state index in [1.807, 2.05) is 13.1 Å². The number of carbonyl (C=O) groups excluding carboxylic acids is 1. The van der Waals surface area contributed by atoms with E-state index in [1.165, 1.54) is 6.07 Å². The Morgan fingerprint density at radius 2 is 2.23 bits per heavy atom. The maximum absolute atomic E-state index is 13.7. The largest absolute Gasteiger partial charge is 0.355 e. The molecule has 2 rings (SSSR count). The lowest BCUT2D eigenvalue weighted by atomic mass is 9.93. The molecule has 1 aromatic rings. The zero-order valence-corrected chi connectivity index (χ0v) is 14.3. The summed E-state index contributed by atoms with van der Waals surface area (Å²) in [6.45, 7) is 1.84. The van der Waals surface area contributed by atoms with Crippen molar-refractivity contribution in [1.82, 2.24) is 15.5 Å². The normalized spacial score (nSPS) is 21.5. The van der Waals surface area contributed by atoms with E-state index >= 15 is 0 Å². The van der Waals surface area contributed by atoms with Gasteiger partial charge in [-0.25, -0.2) is 4.39 Å². The summed E-state index contributed by atoms with van der Waals surface area (Å²) in [7, 11) is 3.76. The Hall–Kier alpha value is -0.880. The molecule has 0 aliphatic carbocycles. The summed E-state index contributed by atoms with van der Waals surface area (Å²) >= 11 is 5.75. The third-order valence-corrected chi connectivity index (χ3v) is 4.26. The van der Waals surface area contributed by atoms with Crippen LogP contribution in [0.2, 0.25) is 5.02 Å². The molecule has 2 unspecified atom stereocenters. The van der Waals surface area contributed by atoms with Gasteiger partial charge in [-0.1, -0.05) is 17.7 Å². The van der Waals surface area contributed by atoms with Crippen LogP contribution in [0.4, 0.5) is 4.39 Å². The van der Waals surface area contributed by atoms with Crippen LogP contribution in [-0.4, -0.2) is 44.5 Å². The molecule has 1 amide bonds. The van der Waals surface area contributed by atoms with Crippen LogP contribution in [0.25, 0.3) is 0 Å². The summed E-state index contributed by atoms with van der Waals surface area (Å²) in [5.74, 6) is -0.142. The minimum Gasteiger partial charge on any atom is -0.355 e. The topological polar surface area (TPSA) is 44.4 Å². The molecule has 1 saturated heterocycles. The van der Waals surface area contributed by atoms with Crippen molar-refractivity contribution in [2.75, 3.05) is 33.7 Å². The van der Waals surface area contributed by atoms with Gasteiger partial charge >= 0.3 is 0 Å². The quantitative estimate of drug-likeness (QED) is 0.856. The van der Waals surface area contributed by atoms with Crippen molar-refractivity contribution < 1.29 is 9.18 Å². The molecule has 1 aliphatic heterocycles. The van der Waals surface area contributed by atoms with Crippen molar-refractivity contribution in [3.63, 3.8) is 0 Å². The van der Waals surface area contributed by atoms with Crippen LogP contribution in [0.5, 0.6) is 0 Å². The molecular formula is C15H22Cl2FN3O. The van der Waals surface area contributed by atoms with Gasteiger partial charge in [-0.3, -0.25) is 9.69 Å². The van der Waals surface area contributed by atoms with E-state index in [2.05, 4.69) is 15.5 Å². The van der Waals surface area contributed by atoms with Crippen LogP contribution in [-0.2, 0) is 4.79 Å². The third kappa shape index (κ3) is 4.56. The molecule has 0 bridgehead atoms. The fraction of sp³-hybridized carbons (Fsp3) is 0.533. The van der Waals surface area contributed by atoms with Gasteiger partial charge in [0, 0.05) is 12.6 Å². The molecule has 4 nitrogen and oxygen atoms in total. The van der Waals surface area contributed by atoms with Crippen molar-refractivity contribution in [2.24, 2.45) is 5.92 Å². The Labute approximate surface area is 141 Å². The minimum atomic E-state index is -0.396. The predicted octanol–water partition coefficient (Wildman–Crippen LogP) is 2.23. The number of hydrogen-bond acceptors (Lipinski definition) is 3. The van der Waals surface area contributed by atoms with Crippen molar-refractivity contribution in [2.45, 2.75) is 12.5 Å². The maximum Gasteiger partial charge on any atom is 0.233 e. The van der Waals surface area contributed by atoms with Crippen molar-refractivity contribution >= 4 is 29.9 Å². The number of hydrogen-bond donors (Lipinski definition) is 2. The minimum absolute atomic E-state index is 0. The first kappa shape index (κ1) is 19.2. The van der Waals surface area contributed by atoms with Crippen molar-refractivity contribution in [1.29, 1.82) is 0 Å². The van der Waals surface area contributed by atoms with E-state index in [-0.39, 0.29) is 35.3 Å². The second-order valence-corrected chi connectivity index (χ2v) is 5.89. The first-order valence-corrected chi connectivity index (χ1v) is 7.47. The number of likely N-dealkylation sites (N-methyl/N-ethyl adjacent to an activating group) is 1. The van der Waals surface area contributed by atoms with E-state index in [9.17, 15) is 9.18 Å². The second-order valence-electron chi connectivity index (χ2n) is 5.48. The Kier molecular flexibility index (Phi) is 7.56. The highest BCUT2D eigenvalue weighted by molar-refractivity contribution is 6.30. The summed E-state index contributed by atoms with van der Waals surface area (Å²) in [6, 6.07) is 5.05. The molecule has 1 heterocycles. The van der Waals surface area contributed by atoms with E-state index in [0.717, 1.165) is 18.5 Å². The van der Waals surface area contributed by atoms with Crippen LogP contribution in [0.3, 0.4) is 0 Å². The highest BCUT2D eigenvalue weighted by Gasteiger charge is 2.33. The summed E-state index contributed by atoms with van der Waals surface area (Å²) in [4.78, 5) is 13.8. The van der Waals surface area contributed by atoms with Gasteiger partial charge in [-0.2, -0.15) is 0 Å². The number of halogens is 3. The molecule has 2 atom stereocenters. The van der Waals surface area contributed by atoms with Crippen molar-refractivity contribution in [3.05, 3.63) is 34.6 Å². The van der Waals surface area contributed by atoms with Gasteiger partial charge in [0.1, 0.15) is 5.82 Å². The zero-order chi connectivity index (χ0) is 15.4. The summed E-state index contributed by atoms with van der Waals surface area (Å²) in [5, 5.41) is 5.88. The summed E-state index contributed by atoms with van der Waals surface area (Å²) < 4.78 is 13.7. The molecule has 1 aromatic carbocycles. The lowest BCUT2D eigenvalue weighted by Crippen LogP contribution is -2.36. The van der Waals surface area contributed by atoms with Crippen LogP contribution < -0.4 is 10.6 Å². The van der Waals surface area contributed by atoms with E-state index in [1.54, 1.807) is 13.1 Å². The van der Waals surface area contributed by atoms with Gasteiger partial charge in [-0.05, 0) is 50.7 Å². The Balaban J connectivity index is 0.00000242. The third-order valence-electron chi connectivity index (χ3n) is 3.96. The number of rotatable bonds is 5. The van der Waals surface area contributed by atoms with E-state index in [0.29, 0.717) is 13.1 Å². The molecule has 0 spiro atoms. The fourth-order valence-electron chi connectivity index (χ4n) is 2.93. The van der Waals surface area contributed by atoms with Gasteiger partial charge in [0.2, 0.25) is 5.91 Å². The number of amides is 1. The molecule has 0 saturated carbocycles. The van der Waals surface area contributed by atoms with Crippen LogP contribution >= 0.6 is 24.0 Å². The lowest BCUT2D eigenvalue weighted by Gasteiger charge is -2.26. The number of carbonyl (C=O) groups is 1. The lowest BCUT2D eigenvalue weighted by molar-refractivity contribution is -0.120. The molecule has 2 N–H and O–H groups in total. The average molecular weight is 350 g/mol. The Bertz CT molecular complexity index is 516. The predicted molar refractivity (Wildman–Crippen MR) is 89.1 cm³/mol. The molecule has 124 valence electrons. The SMILES string of the molecule is CNCC(=O)NCC1CCN(C)C1c1ccc(Cl)c(F)c1.Cl. The summed E-state index contributed by atoms with van der Waals surface area (Å²) in [6.07, 6.45) is 0.977. The molecule has 22 heavy (non-hydrogen) atoms. The zero-order valence-electron chi connectivity index (χ0n) is 12.7. The number of benzene rings is 1. The van der Waals surface area contributed by atoms with Crippen LogP contribution in [0.15, 0.2) is 18.2 Å². The second kappa shape index (κ2) is 8.67. The monoisotopic (exact) mass is 349 g/mol. The molecule has 1 fully saturated rings. The first-order chi connectivity index (χ1) is 10.0. The average Bonchev–Trinajstić information content (AvgIpc) is 2.81. The van der Waals surface area contributed by atoms with Gasteiger partial charge in [-0.15, -0.1) is 12.4 Å². The van der Waals surface area contributed by atoms with E-state index in [4.69, 9.17) is 11.6 Å². The first-order valence-electron chi connectivity index (χ1n) is 7.09. The van der Waals surface area contributed by atoms with Gasteiger partial charge in [0.15, 0.2) is 0 Å². The smallest absolute Gasteiger partial charge is 0.233 e. The standard InChI is InChI=1S/C15H21ClFN3O.ClH/c1-18-9-14(21)19-8-11-5-6-20(2)15(11)10-3-4-12(16)13(17)7-10;/h3-4,7,11,15,18H,5-6,8-9H2,1-2H3,(H,19,21);1H. The van der Waals surface area contributed by atoms with Crippen LogP contribution in [0, 0.1) is 11.7 Å². The fourth-order valence-corrected chi connectivity index (χ4v) is 3.05. The van der Waals surface area contributed by atoms with E-state index < -0.39 is 5.82 Å². The summed E-state index contributed by atoms with van der Waals surface area (Å²) in [5.41, 5.74) is 0.907. The highest BCUT2D eigenvalue weighted by atomic mass is 35.5. The number of likely N-dealkylation sites (tertiary alicyclic amines) is 1. The molecule has 0 aromatic heterocycles. The Morgan fingerprint density at radius 3 is 2.86 bits per heavy atom. The van der Waals surface area contributed by atoms with Gasteiger partial charge in [0.25, 0.3) is 0 Å². The number of nitrogens with one attached hydrogen (secondary N) is 2. The van der Waals surface area contributed by atoms with Gasteiger partial charge in [0.05, 0.1) is 11.6 Å². The molecule has 7 heteroatoms. The van der Waals surface area contributed by atoms with Gasteiger partial charge < -0.3 is 10.6 Å². The Morgan fingerprint density at radius 1 is 1.50 bits per heavy atom. The molecule has 1 aliphatic rings. The molecular weight excluding hydrogens is 328 g/mol. The maximum atomic E-state index is 13.7. The number of nitrogens with zero attached hydrogens (tertiary/aromatic N) is 1. The van der Waals surface area contributed by atoms with Crippen molar-refractivity contribution in [3.8, 4) is 0 Å². The molecule has 0 radical (unpaired) electrons. The highest BCUT2D eigenvalue weighted by Crippen LogP contribution is 2.36. The van der Waals surface area contributed by atoms with Crippen LogP contribution in [0.1, 0.15) is 18.0 Å².